The molecule has 1 spiro atoms. The molecule has 4 heteroatoms. The Kier molecular flexibility index (Phi) is 5.00. The maximum atomic E-state index is 9.78. The number of nitrogens with zero attached hydrogens (tertiary/aromatic N) is 2. The van der Waals surface area contributed by atoms with Gasteiger partial charge in [-0.2, -0.15) is 0 Å². The van der Waals surface area contributed by atoms with Crippen LogP contribution in [-0.2, 0) is 0 Å². The summed E-state index contributed by atoms with van der Waals surface area (Å²) in [6.45, 7) is 7.02. The van der Waals surface area contributed by atoms with Gasteiger partial charge in [-0.25, -0.2) is 0 Å². The lowest BCUT2D eigenvalue weighted by Crippen LogP contribution is -2.46. The lowest BCUT2D eigenvalue weighted by molar-refractivity contribution is 0.0770. The van der Waals surface area contributed by atoms with Gasteiger partial charge >= 0.3 is 0 Å². The van der Waals surface area contributed by atoms with E-state index in [2.05, 4.69) is 28.9 Å². The molecule has 1 N–H and O–H groups in total. The summed E-state index contributed by atoms with van der Waals surface area (Å²) < 4.78 is 0. The highest BCUT2D eigenvalue weighted by Gasteiger charge is 2.43. The fraction of sp³-hybridized carbons (Fsp3) is 0.714. The predicted molar refractivity (Wildman–Crippen MR) is 105 cm³/mol. The monoisotopic (exact) mass is 362 g/mol. The molecule has 0 unspecified atom stereocenters. The Labute approximate surface area is 157 Å². The number of aryl methyl sites for hydroxylation is 1. The Balaban J connectivity index is 1.44. The smallest absolute Gasteiger partial charge is 0.0541 e. The number of benzene rings is 1. The summed E-state index contributed by atoms with van der Waals surface area (Å²) in [5.74, 6) is 0. The van der Waals surface area contributed by atoms with Crippen LogP contribution in [0.1, 0.15) is 50.5 Å². The van der Waals surface area contributed by atoms with Crippen molar-refractivity contribution < 1.29 is 5.11 Å². The summed E-state index contributed by atoms with van der Waals surface area (Å²) in [6, 6.07) is 7.02. The first-order valence-corrected chi connectivity index (χ1v) is 10.4. The number of likely N-dealkylation sites (tertiary alicyclic amines) is 1. The van der Waals surface area contributed by atoms with Crippen molar-refractivity contribution in [2.75, 3.05) is 31.1 Å². The Hall–Kier alpha value is -0.770. The van der Waals surface area contributed by atoms with Crippen LogP contribution < -0.4 is 4.90 Å². The highest BCUT2D eigenvalue weighted by atomic mass is 35.5. The first-order valence-electron chi connectivity index (χ1n) is 9.98. The number of hydrogen-bond donors (Lipinski definition) is 1. The molecule has 138 valence electrons. The van der Waals surface area contributed by atoms with Crippen molar-refractivity contribution >= 4 is 17.3 Å². The number of halogens is 1. The summed E-state index contributed by atoms with van der Waals surface area (Å²) in [5.41, 5.74) is 3.11. The van der Waals surface area contributed by atoms with Crippen LogP contribution in [0.2, 0.25) is 5.02 Å². The van der Waals surface area contributed by atoms with Crippen molar-refractivity contribution in [1.29, 1.82) is 0 Å². The molecule has 3 fully saturated rings. The molecule has 1 atom stereocenters. The van der Waals surface area contributed by atoms with Gasteiger partial charge in [-0.15, -0.1) is 0 Å². The molecule has 1 aromatic rings. The molecule has 0 aromatic heterocycles. The molecule has 1 saturated carbocycles. The second kappa shape index (κ2) is 7.09. The zero-order valence-corrected chi connectivity index (χ0v) is 16.1. The number of aliphatic hydroxyl groups excluding tert-OH is 1. The Bertz CT molecular complexity index is 614. The molecule has 1 aromatic carbocycles. The third kappa shape index (κ3) is 3.70. The fourth-order valence-electron chi connectivity index (χ4n) is 5.43. The number of piperidine rings is 1. The van der Waals surface area contributed by atoms with Gasteiger partial charge < -0.3 is 10.0 Å². The van der Waals surface area contributed by atoms with Crippen LogP contribution in [-0.4, -0.2) is 48.3 Å². The molecule has 3 aliphatic rings. The molecule has 2 saturated heterocycles. The quantitative estimate of drug-likeness (QED) is 0.852. The van der Waals surface area contributed by atoms with Gasteiger partial charge in [0, 0.05) is 41.8 Å². The first kappa shape index (κ1) is 17.6. The van der Waals surface area contributed by atoms with Gasteiger partial charge in [0.05, 0.1) is 6.10 Å². The zero-order chi connectivity index (χ0) is 17.4. The third-order valence-corrected chi connectivity index (χ3v) is 7.05. The number of rotatable bonds is 2. The van der Waals surface area contributed by atoms with Crippen LogP contribution >= 0.6 is 11.6 Å². The van der Waals surface area contributed by atoms with E-state index in [1.165, 1.54) is 69.5 Å². The van der Waals surface area contributed by atoms with E-state index in [4.69, 9.17) is 11.6 Å². The molecule has 2 aliphatic heterocycles. The highest BCUT2D eigenvalue weighted by Crippen LogP contribution is 2.42. The average molecular weight is 363 g/mol. The van der Waals surface area contributed by atoms with Gasteiger partial charge in [0.2, 0.25) is 0 Å². The second-order valence-corrected chi connectivity index (χ2v) is 9.08. The van der Waals surface area contributed by atoms with E-state index >= 15 is 0 Å². The minimum Gasteiger partial charge on any atom is -0.393 e. The van der Waals surface area contributed by atoms with Crippen molar-refractivity contribution in [3.05, 3.63) is 28.8 Å². The van der Waals surface area contributed by atoms with Crippen LogP contribution in [0.3, 0.4) is 0 Å². The Morgan fingerprint density at radius 1 is 1.08 bits per heavy atom. The summed E-state index contributed by atoms with van der Waals surface area (Å²) in [5, 5.41) is 10.6. The zero-order valence-electron chi connectivity index (χ0n) is 15.4. The van der Waals surface area contributed by atoms with Crippen molar-refractivity contribution in [3.8, 4) is 0 Å². The van der Waals surface area contributed by atoms with Crippen molar-refractivity contribution in [3.63, 3.8) is 0 Å². The first-order chi connectivity index (χ1) is 12.0. The largest absolute Gasteiger partial charge is 0.393 e. The second-order valence-electron chi connectivity index (χ2n) is 8.64. The molecular weight excluding hydrogens is 332 g/mol. The number of hydrogen-bond acceptors (Lipinski definition) is 3. The molecular formula is C21H31ClN2O. The lowest BCUT2D eigenvalue weighted by Gasteiger charge is -2.43. The van der Waals surface area contributed by atoms with Crippen molar-refractivity contribution in [2.24, 2.45) is 5.41 Å². The van der Waals surface area contributed by atoms with Crippen LogP contribution in [0.5, 0.6) is 0 Å². The maximum absolute atomic E-state index is 9.78. The van der Waals surface area contributed by atoms with E-state index in [1.807, 2.05) is 6.07 Å². The van der Waals surface area contributed by atoms with E-state index in [1.54, 1.807) is 0 Å². The van der Waals surface area contributed by atoms with E-state index in [0.29, 0.717) is 11.5 Å². The van der Waals surface area contributed by atoms with Crippen molar-refractivity contribution in [1.82, 2.24) is 4.90 Å². The Morgan fingerprint density at radius 3 is 2.64 bits per heavy atom. The molecule has 0 amide bonds. The predicted octanol–water partition coefficient (Wildman–Crippen LogP) is 4.24. The number of aliphatic hydroxyl groups is 1. The Morgan fingerprint density at radius 2 is 1.88 bits per heavy atom. The molecule has 3 nitrogen and oxygen atoms in total. The molecule has 25 heavy (non-hydrogen) atoms. The van der Waals surface area contributed by atoms with E-state index in [-0.39, 0.29) is 6.10 Å². The van der Waals surface area contributed by atoms with E-state index in [9.17, 15) is 5.11 Å². The van der Waals surface area contributed by atoms with Gasteiger partial charge in [0.1, 0.15) is 0 Å². The summed E-state index contributed by atoms with van der Waals surface area (Å²) in [4.78, 5) is 5.34. The van der Waals surface area contributed by atoms with Gasteiger partial charge in [-0.3, -0.25) is 4.90 Å². The molecule has 1 aliphatic carbocycles. The maximum Gasteiger partial charge on any atom is 0.0541 e. The minimum atomic E-state index is -0.0501. The fourth-order valence-corrected chi connectivity index (χ4v) is 5.65. The summed E-state index contributed by atoms with van der Waals surface area (Å²) in [6.07, 6.45) is 8.27. The summed E-state index contributed by atoms with van der Waals surface area (Å²) >= 11 is 6.15. The normalized spacial score (nSPS) is 34.0. The molecule has 0 bridgehead atoms. The standard InChI is InChI=1S/C21H31ClN2O/c1-16-13-17(22)3-8-20(16)24-11-2-9-21(15-24)10-12-23(14-21)18-4-6-19(25)7-5-18/h3,8,13,18-19,25H,2,4-7,9-12,14-15H2,1H3/t18-,19-,21-/m1/s1. The van der Waals surface area contributed by atoms with E-state index < -0.39 is 0 Å². The number of anilines is 1. The highest BCUT2D eigenvalue weighted by molar-refractivity contribution is 6.30. The van der Waals surface area contributed by atoms with E-state index in [0.717, 1.165) is 17.9 Å². The van der Waals surface area contributed by atoms with Gasteiger partial charge in [0.15, 0.2) is 0 Å². The van der Waals surface area contributed by atoms with Crippen LogP contribution in [0.15, 0.2) is 18.2 Å². The van der Waals surface area contributed by atoms with Crippen LogP contribution in [0, 0.1) is 12.3 Å². The molecule has 0 radical (unpaired) electrons. The topological polar surface area (TPSA) is 26.7 Å². The third-order valence-electron chi connectivity index (χ3n) is 6.81. The lowest BCUT2D eigenvalue weighted by atomic mass is 9.79. The molecule has 2 heterocycles. The minimum absolute atomic E-state index is 0.0501. The van der Waals surface area contributed by atoms with Crippen LogP contribution in [0.4, 0.5) is 5.69 Å². The average Bonchev–Trinajstić information content (AvgIpc) is 2.99. The molecule has 4 rings (SSSR count). The van der Waals surface area contributed by atoms with Crippen LogP contribution in [0.25, 0.3) is 0 Å². The SMILES string of the molecule is Cc1cc(Cl)ccc1N1CCC[C@]2(CCN([C@H]3CC[C@H](O)CC3)C2)C1. The summed E-state index contributed by atoms with van der Waals surface area (Å²) in [7, 11) is 0. The van der Waals surface area contributed by atoms with Gasteiger partial charge in [-0.05, 0) is 82.2 Å². The van der Waals surface area contributed by atoms with Gasteiger partial charge in [0.25, 0.3) is 0 Å². The van der Waals surface area contributed by atoms with Gasteiger partial charge in [-0.1, -0.05) is 11.6 Å². The van der Waals surface area contributed by atoms with Crippen molar-refractivity contribution in [2.45, 2.75) is 64.0 Å².